The van der Waals surface area contributed by atoms with Gasteiger partial charge in [-0.3, -0.25) is 0 Å². The summed E-state index contributed by atoms with van der Waals surface area (Å²) in [6.45, 7) is 0. The van der Waals surface area contributed by atoms with Crippen LogP contribution in [0.1, 0.15) is 0 Å². The van der Waals surface area contributed by atoms with Gasteiger partial charge in [0.1, 0.15) is 0 Å². The first kappa shape index (κ1) is 7.60. The Kier molecular flexibility index (Phi) is 2.32. The first-order chi connectivity index (χ1) is 4.70. The highest BCUT2D eigenvalue weighted by molar-refractivity contribution is 6.58. The van der Waals surface area contributed by atoms with Crippen LogP contribution in [0.15, 0.2) is 24.3 Å². The molecule has 0 aliphatic rings. The maximum Gasteiger partial charge on any atom is 0.488 e. The first-order valence-corrected chi connectivity index (χ1v) is 3.24. The second-order valence-corrected chi connectivity index (χ2v) is 2.41. The zero-order valence-corrected chi connectivity index (χ0v) is 6.01. The highest BCUT2D eigenvalue weighted by Gasteiger charge is 2.09. The SMILES string of the molecule is OB(O)c1ccc([ClH+])cc1. The van der Waals surface area contributed by atoms with Gasteiger partial charge in [0.15, 0.2) is 11.6 Å². The predicted molar refractivity (Wildman–Crippen MR) is 36.8 cm³/mol. The number of benzene rings is 1. The van der Waals surface area contributed by atoms with Crippen LogP contribution < -0.4 is 5.46 Å². The Morgan fingerprint density at radius 1 is 1.10 bits per heavy atom. The quantitative estimate of drug-likeness (QED) is 0.517. The maximum absolute atomic E-state index is 8.64. The van der Waals surface area contributed by atoms with Gasteiger partial charge < -0.3 is 10.0 Å². The molecule has 2 N–H and O–H groups in total. The summed E-state index contributed by atoms with van der Waals surface area (Å²) in [6, 6.07) is 6.49. The maximum atomic E-state index is 8.64. The lowest BCUT2D eigenvalue weighted by atomic mass is 9.81. The number of rotatable bonds is 1. The van der Waals surface area contributed by atoms with E-state index in [0.717, 1.165) is 0 Å². The third-order valence-corrected chi connectivity index (χ3v) is 1.45. The molecule has 1 aromatic carbocycles. The van der Waals surface area contributed by atoms with Crippen molar-refractivity contribution in [2.45, 2.75) is 0 Å². The van der Waals surface area contributed by atoms with Crippen LogP contribution in [0.25, 0.3) is 0 Å². The van der Waals surface area contributed by atoms with Gasteiger partial charge in [0.05, 0.1) is 0 Å². The molecule has 0 saturated heterocycles. The molecule has 4 heteroatoms. The summed E-state index contributed by atoms with van der Waals surface area (Å²) in [5.74, 6) is 0. The van der Waals surface area contributed by atoms with E-state index in [0.29, 0.717) is 10.5 Å². The van der Waals surface area contributed by atoms with E-state index >= 15 is 0 Å². The first-order valence-electron chi connectivity index (χ1n) is 2.83. The van der Waals surface area contributed by atoms with Crippen LogP contribution in [0.2, 0.25) is 5.02 Å². The van der Waals surface area contributed by atoms with Gasteiger partial charge in [-0.15, -0.1) is 0 Å². The number of hydrogen-bond acceptors (Lipinski definition) is 2. The minimum atomic E-state index is -1.39. The van der Waals surface area contributed by atoms with Crippen LogP contribution in [-0.2, 0) is 0 Å². The Balaban J connectivity index is 2.89. The standard InChI is InChI=1S/C6H7BClO2/c8-6-3-1-5(2-4-6)7(9)10/h1-4,8-10H/q+1. The predicted octanol–water partition coefficient (Wildman–Crippen LogP) is -0.937. The van der Waals surface area contributed by atoms with E-state index in [4.69, 9.17) is 21.6 Å². The molecule has 0 heterocycles. The van der Waals surface area contributed by atoms with Crippen molar-refractivity contribution in [1.82, 2.24) is 0 Å². The lowest BCUT2D eigenvalue weighted by molar-refractivity contribution is -0.288. The van der Waals surface area contributed by atoms with Crippen molar-refractivity contribution in [3.8, 4) is 0 Å². The van der Waals surface area contributed by atoms with E-state index < -0.39 is 7.12 Å². The van der Waals surface area contributed by atoms with Gasteiger partial charge in [-0.05, 0) is 5.46 Å². The van der Waals surface area contributed by atoms with Gasteiger partial charge in [0.2, 0.25) is 5.02 Å². The molecule has 1 rings (SSSR count). The van der Waals surface area contributed by atoms with Crippen molar-refractivity contribution in [3.05, 3.63) is 29.3 Å². The van der Waals surface area contributed by atoms with Crippen LogP contribution in [0.3, 0.4) is 0 Å². The second kappa shape index (κ2) is 3.06. The summed E-state index contributed by atoms with van der Waals surface area (Å²) in [4.78, 5) is 0. The van der Waals surface area contributed by atoms with E-state index in [9.17, 15) is 0 Å². The smallest absolute Gasteiger partial charge is 0.423 e. The zero-order valence-electron chi connectivity index (χ0n) is 5.19. The minimum Gasteiger partial charge on any atom is -0.423 e. The van der Waals surface area contributed by atoms with Crippen molar-refractivity contribution < 1.29 is 21.6 Å². The van der Waals surface area contributed by atoms with Crippen molar-refractivity contribution in [2.24, 2.45) is 0 Å². The summed E-state index contributed by atoms with van der Waals surface area (Å²) >= 11 is 4.79. The molecule has 0 aliphatic heterocycles. The number of hydrogen-bond donors (Lipinski definition) is 2. The molecule has 0 saturated carbocycles. The Morgan fingerprint density at radius 3 is 2.00 bits per heavy atom. The molecule has 0 aliphatic carbocycles. The highest BCUT2D eigenvalue weighted by atomic mass is 35.5. The van der Waals surface area contributed by atoms with Gasteiger partial charge in [0.25, 0.3) is 0 Å². The molecular formula is C6H7BClO2+. The summed E-state index contributed by atoms with van der Waals surface area (Å²) in [6.07, 6.45) is 0. The molecule has 2 nitrogen and oxygen atoms in total. The topological polar surface area (TPSA) is 40.5 Å². The van der Waals surface area contributed by atoms with Gasteiger partial charge in [-0.25, -0.2) is 0 Å². The van der Waals surface area contributed by atoms with Crippen LogP contribution in [0.4, 0.5) is 0 Å². The molecule has 52 valence electrons. The number of halogens is 1. The fourth-order valence-corrected chi connectivity index (χ4v) is 0.776. The summed E-state index contributed by atoms with van der Waals surface area (Å²) < 4.78 is 0. The van der Waals surface area contributed by atoms with Gasteiger partial charge in [-0.2, -0.15) is 0 Å². The average molecular weight is 157 g/mol. The molecule has 0 bridgehead atoms. The van der Waals surface area contributed by atoms with Crippen molar-refractivity contribution in [1.29, 1.82) is 0 Å². The Hall–Kier alpha value is -0.505. The normalized spacial score (nSPS) is 9.50. The summed E-state index contributed by atoms with van der Waals surface area (Å²) in [5, 5.41) is 18.0. The Bertz CT molecular complexity index is 209. The monoisotopic (exact) mass is 157 g/mol. The molecule has 0 aromatic heterocycles. The summed E-state index contributed by atoms with van der Waals surface area (Å²) in [5.41, 5.74) is 0.466. The largest absolute Gasteiger partial charge is 0.488 e. The van der Waals surface area contributed by atoms with Gasteiger partial charge in [0, 0.05) is 12.1 Å². The minimum absolute atomic E-state index is 0.466. The Labute approximate surface area is 64.2 Å². The van der Waals surface area contributed by atoms with E-state index in [2.05, 4.69) is 0 Å². The molecule has 0 spiro atoms. The molecule has 0 amide bonds. The molecule has 0 fully saturated rings. The third-order valence-electron chi connectivity index (χ3n) is 1.18. The van der Waals surface area contributed by atoms with Crippen LogP contribution in [0, 0.1) is 11.6 Å². The lowest BCUT2D eigenvalue weighted by Gasteiger charge is -1.94. The van der Waals surface area contributed by atoms with Gasteiger partial charge >= 0.3 is 7.12 Å². The molecular weight excluding hydrogens is 150 g/mol. The van der Waals surface area contributed by atoms with Crippen molar-refractivity contribution in [3.63, 3.8) is 0 Å². The van der Waals surface area contributed by atoms with Crippen molar-refractivity contribution >= 4 is 12.6 Å². The molecule has 0 atom stereocenters. The van der Waals surface area contributed by atoms with Crippen LogP contribution >= 0.6 is 0 Å². The van der Waals surface area contributed by atoms with E-state index in [1.807, 2.05) is 0 Å². The highest BCUT2D eigenvalue weighted by Crippen LogP contribution is 1.94. The van der Waals surface area contributed by atoms with Crippen LogP contribution in [0.5, 0.6) is 0 Å². The van der Waals surface area contributed by atoms with E-state index in [1.54, 1.807) is 24.3 Å². The van der Waals surface area contributed by atoms with Crippen molar-refractivity contribution in [2.75, 3.05) is 0 Å². The average Bonchev–Trinajstić information content (AvgIpc) is 1.88. The molecule has 1 aromatic rings. The summed E-state index contributed by atoms with van der Waals surface area (Å²) in [7, 11) is -1.39. The fourth-order valence-electron chi connectivity index (χ4n) is 0.640. The van der Waals surface area contributed by atoms with E-state index in [1.165, 1.54) is 0 Å². The molecule has 10 heavy (non-hydrogen) atoms. The molecule has 0 unspecified atom stereocenters. The van der Waals surface area contributed by atoms with Crippen LogP contribution in [-0.4, -0.2) is 17.2 Å². The Morgan fingerprint density at radius 2 is 1.60 bits per heavy atom. The van der Waals surface area contributed by atoms with Gasteiger partial charge in [-0.1, -0.05) is 12.1 Å². The molecule has 0 radical (unpaired) electrons. The fraction of sp³-hybridized carbons (Fsp3) is 0. The lowest BCUT2D eigenvalue weighted by Crippen LogP contribution is -2.29. The third kappa shape index (κ3) is 1.74. The zero-order chi connectivity index (χ0) is 7.56. The van der Waals surface area contributed by atoms with E-state index in [-0.39, 0.29) is 0 Å². The second-order valence-electron chi connectivity index (χ2n) is 1.94.